The summed E-state index contributed by atoms with van der Waals surface area (Å²) in [7, 11) is 1.81. The molecule has 1 atom stereocenters. The van der Waals surface area contributed by atoms with Gasteiger partial charge in [-0.3, -0.25) is 4.57 Å². The maximum atomic E-state index is 11.0. The second kappa shape index (κ2) is 4.35. The molecule has 0 amide bonds. The van der Waals surface area contributed by atoms with Crippen LogP contribution in [-0.4, -0.2) is 27.1 Å². The molecule has 0 aromatic carbocycles. The first kappa shape index (κ1) is 11.9. The first-order valence-electron chi connectivity index (χ1n) is 5.94. The SMILES string of the molecule is CC(C)C1CCCN1c1c([N+](=O)[O-])ncn1C. The monoisotopic (exact) mass is 238 g/mol. The number of anilines is 1. The van der Waals surface area contributed by atoms with E-state index in [4.69, 9.17) is 0 Å². The molecule has 1 unspecified atom stereocenters. The van der Waals surface area contributed by atoms with Gasteiger partial charge in [-0.2, -0.15) is 0 Å². The van der Waals surface area contributed by atoms with E-state index in [0.29, 0.717) is 17.8 Å². The Morgan fingerprint density at radius 1 is 1.59 bits per heavy atom. The highest BCUT2D eigenvalue weighted by Gasteiger charge is 2.34. The smallest absolute Gasteiger partial charge is 0.358 e. The van der Waals surface area contributed by atoms with Gasteiger partial charge in [-0.1, -0.05) is 13.8 Å². The van der Waals surface area contributed by atoms with Gasteiger partial charge in [-0.15, -0.1) is 0 Å². The van der Waals surface area contributed by atoms with E-state index in [1.807, 2.05) is 7.05 Å². The van der Waals surface area contributed by atoms with E-state index in [0.717, 1.165) is 19.4 Å². The maximum Gasteiger partial charge on any atom is 0.406 e. The van der Waals surface area contributed by atoms with Crippen molar-refractivity contribution in [2.24, 2.45) is 13.0 Å². The zero-order chi connectivity index (χ0) is 12.6. The van der Waals surface area contributed by atoms with Crippen molar-refractivity contribution in [3.63, 3.8) is 0 Å². The lowest BCUT2D eigenvalue weighted by Crippen LogP contribution is -2.34. The topological polar surface area (TPSA) is 64.2 Å². The van der Waals surface area contributed by atoms with Crippen LogP contribution >= 0.6 is 0 Å². The molecule has 2 heterocycles. The van der Waals surface area contributed by atoms with E-state index in [1.165, 1.54) is 6.33 Å². The standard InChI is InChI=1S/C11H18N4O2/c1-8(2)9-5-4-6-14(9)11-10(15(16)17)12-7-13(11)3/h7-9H,4-6H2,1-3H3. The summed E-state index contributed by atoms with van der Waals surface area (Å²) in [6.45, 7) is 5.19. The molecule has 6 heteroatoms. The van der Waals surface area contributed by atoms with Gasteiger partial charge in [0, 0.05) is 19.6 Å². The van der Waals surface area contributed by atoms with E-state index in [9.17, 15) is 10.1 Å². The molecule has 0 spiro atoms. The first-order valence-corrected chi connectivity index (χ1v) is 5.94. The fraction of sp³-hybridized carbons (Fsp3) is 0.727. The lowest BCUT2D eigenvalue weighted by atomic mass is 10.0. The van der Waals surface area contributed by atoms with Crippen LogP contribution in [0.3, 0.4) is 0 Å². The van der Waals surface area contributed by atoms with Crippen molar-refractivity contribution in [2.45, 2.75) is 32.7 Å². The van der Waals surface area contributed by atoms with Crippen LogP contribution in [0.25, 0.3) is 0 Å². The quantitative estimate of drug-likeness (QED) is 0.596. The number of nitro groups is 1. The highest BCUT2D eigenvalue weighted by molar-refractivity contribution is 5.56. The molecule has 0 aliphatic carbocycles. The molecule has 0 saturated carbocycles. The van der Waals surface area contributed by atoms with Crippen molar-refractivity contribution in [3.8, 4) is 0 Å². The van der Waals surface area contributed by atoms with E-state index in [-0.39, 0.29) is 5.82 Å². The molecule has 0 N–H and O–H groups in total. The molecule has 94 valence electrons. The van der Waals surface area contributed by atoms with Gasteiger partial charge in [-0.25, -0.2) is 0 Å². The summed E-state index contributed by atoms with van der Waals surface area (Å²) < 4.78 is 1.75. The number of rotatable bonds is 3. The Labute approximate surface area is 100 Å². The Bertz CT molecular complexity index is 427. The van der Waals surface area contributed by atoms with Crippen LogP contribution in [0.4, 0.5) is 11.6 Å². The highest BCUT2D eigenvalue weighted by Crippen LogP contribution is 2.34. The fourth-order valence-corrected chi connectivity index (χ4v) is 2.62. The van der Waals surface area contributed by atoms with Crippen molar-refractivity contribution in [1.82, 2.24) is 9.55 Å². The number of hydrogen-bond donors (Lipinski definition) is 0. The average molecular weight is 238 g/mol. The van der Waals surface area contributed by atoms with Gasteiger partial charge in [0.2, 0.25) is 12.1 Å². The predicted octanol–water partition coefficient (Wildman–Crippen LogP) is 1.95. The maximum absolute atomic E-state index is 11.0. The van der Waals surface area contributed by atoms with Crippen molar-refractivity contribution in [1.29, 1.82) is 0 Å². The first-order chi connectivity index (χ1) is 8.02. The minimum Gasteiger partial charge on any atom is -0.358 e. The van der Waals surface area contributed by atoms with Crippen LogP contribution in [0, 0.1) is 16.0 Å². The molecule has 1 aliphatic rings. The van der Waals surface area contributed by atoms with Gasteiger partial charge in [0.1, 0.15) is 0 Å². The van der Waals surface area contributed by atoms with Gasteiger partial charge in [0.05, 0.1) is 0 Å². The van der Waals surface area contributed by atoms with Crippen LogP contribution in [0.15, 0.2) is 6.33 Å². The summed E-state index contributed by atoms with van der Waals surface area (Å²) in [5, 5.41) is 11.0. The molecule has 1 fully saturated rings. The molecule has 1 aromatic rings. The van der Waals surface area contributed by atoms with Crippen LogP contribution in [0.2, 0.25) is 0 Å². The Balaban J connectivity index is 2.39. The Morgan fingerprint density at radius 2 is 2.29 bits per heavy atom. The summed E-state index contributed by atoms with van der Waals surface area (Å²) in [6.07, 6.45) is 3.70. The second-order valence-electron chi connectivity index (χ2n) is 4.91. The molecule has 1 aliphatic heterocycles. The van der Waals surface area contributed by atoms with Crippen LogP contribution in [-0.2, 0) is 7.05 Å². The average Bonchev–Trinajstić information content (AvgIpc) is 2.82. The zero-order valence-electron chi connectivity index (χ0n) is 10.5. The third-order valence-electron chi connectivity index (χ3n) is 3.40. The Hall–Kier alpha value is -1.59. The van der Waals surface area contributed by atoms with Crippen molar-refractivity contribution >= 4 is 11.6 Å². The molecule has 6 nitrogen and oxygen atoms in total. The van der Waals surface area contributed by atoms with Gasteiger partial charge >= 0.3 is 5.82 Å². The van der Waals surface area contributed by atoms with Crippen LogP contribution in [0.5, 0.6) is 0 Å². The largest absolute Gasteiger partial charge is 0.406 e. The predicted molar refractivity (Wildman–Crippen MR) is 65.1 cm³/mol. The highest BCUT2D eigenvalue weighted by atomic mass is 16.6. The number of hydrogen-bond acceptors (Lipinski definition) is 4. The van der Waals surface area contributed by atoms with E-state index < -0.39 is 4.92 Å². The molecule has 1 saturated heterocycles. The summed E-state index contributed by atoms with van der Waals surface area (Å²) in [5.74, 6) is 1.11. The second-order valence-corrected chi connectivity index (χ2v) is 4.91. The summed E-state index contributed by atoms with van der Waals surface area (Å²) in [5.41, 5.74) is 0. The van der Waals surface area contributed by atoms with Crippen molar-refractivity contribution in [2.75, 3.05) is 11.4 Å². The van der Waals surface area contributed by atoms with Crippen LogP contribution in [0.1, 0.15) is 26.7 Å². The number of aryl methyl sites for hydroxylation is 1. The molecule has 17 heavy (non-hydrogen) atoms. The Morgan fingerprint density at radius 3 is 2.88 bits per heavy atom. The molecular formula is C11H18N4O2. The summed E-state index contributed by atoms with van der Waals surface area (Å²) >= 11 is 0. The number of nitrogens with zero attached hydrogens (tertiary/aromatic N) is 4. The molecule has 0 bridgehead atoms. The van der Waals surface area contributed by atoms with Gasteiger partial charge < -0.3 is 15.0 Å². The summed E-state index contributed by atoms with van der Waals surface area (Å²) in [6, 6.07) is 0.379. The molecule has 0 radical (unpaired) electrons. The van der Waals surface area contributed by atoms with Gasteiger partial charge in [-0.05, 0) is 28.7 Å². The lowest BCUT2D eigenvalue weighted by Gasteiger charge is -2.28. The van der Waals surface area contributed by atoms with Crippen molar-refractivity contribution in [3.05, 3.63) is 16.4 Å². The summed E-state index contributed by atoms with van der Waals surface area (Å²) in [4.78, 5) is 16.6. The van der Waals surface area contributed by atoms with E-state index in [2.05, 4.69) is 23.7 Å². The fourth-order valence-electron chi connectivity index (χ4n) is 2.62. The molecular weight excluding hydrogens is 220 g/mol. The lowest BCUT2D eigenvalue weighted by molar-refractivity contribution is -0.388. The zero-order valence-corrected chi connectivity index (χ0v) is 10.5. The van der Waals surface area contributed by atoms with Crippen LogP contribution < -0.4 is 4.90 Å². The van der Waals surface area contributed by atoms with Gasteiger partial charge in [0.15, 0.2) is 0 Å². The van der Waals surface area contributed by atoms with Gasteiger partial charge in [0.25, 0.3) is 0 Å². The van der Waals surface area contributed by atoms with E-state index >= 15 is 0 Å². The van der Waals surface area contributed by atoms with Crippen molar-refractivity contribution < 1.29 is 4.92 Å². The number of aromatic nitrogens is 2. The normalized spacial score (nSPS) is 20.2. The molecule has 2 rings (SSSR count). The minimum atomic E-state index is -0.398. The Kier molecular flexibility index (Phi) is 3.04. The third-order valence-corrected chi connectivity index (χ3v) is 3.40. The minimum absolute atomic E-state index is 0.0277. The van der Waals surface area contributed by atoms with E-state index in [1.54, 1.807) is 4.57 Å². The molecule has 1 aromatic heterocycles. The number of imidazole rings is 1. The third kappa shape index (κ3) is 1.99.